The summed E-state index contributed by atoms with van der Waals surface area (Å²) in [7, 11) is -14.0. The predicted molar refractivity (Wildman–Crippen MR) is 108 cm³/mol. The molecule has 3 rings (SSSR count). The average Bonchev–Trinajstić information content (AvgIpc) is 2.60. The summed E-state index contributed by atoms with van der Waals surface area (Å²) in [5.74, 6) is -0.557. The number of hydrogen-bond acceptors (Lipinski definition) is 8. The first-order chi connectivity index (χ1) is 13.3. The molecule has 0 atom stereocenters. The average molecular weight is 482 g/mol. The minimum Gasteiger partial charge on any atom is -0.398 e. The van der Waals surface area contributed by atoms with Gasteiger partial charge in [0.1, 0.15) is 4.90 Å². The van der Waals surface area contributed by atoms with Crippen molar-refractivity contribution in [3.05, 3.63) is 54.6 Å². The molecule has 0 heterocycles. The fraction of sp³-hybridized carbons (Fsp3) is 0. The Kier molecular flexibility index (Phi) is 6.90. The van der Waals surface area contributed by atoms with Crippen LogP contribution in [0.5, 0.6) is 5.75 Å². The van der Waals surface area contributed by atoms with Gasteiger partial charge in [-0.05, 0) is 35.7 Å². The maximum absolute atomic E-state index is 12.5. The molecule has 0 aliphatic rings. The van der Waals surface area contributed by atoms with Crippen LogP contribution in [0.25, 0.3) is 10.8 Å². The Morgan fingerprint density at radius 2 is 1.23 bits per heavy atom. The summed E-state index contributed by atoms with van der Waals surface area (Å²) < 4.78 is 94.7. The van der Waals surface area contributed by atoms with E-state index in [2.05, 4.69) is 0 Å². The number of benzene rings is 3. The van der Waals surface area contributed by atoms with E-state index in [1.807, 2.05) is 0 Å². The van der Waals surface area contributed by atoms with E-state index in [0.29, 0.717) is 0 Å². The van der Waals surface area contributed by atoms with E-state index in [1.165, 1.54) is 24.3 Å². The number of nitrogen functional groups attached to an aromatic ring is 1. The zero-order chi connectivity index (χ0) is 21.6. The SMILES string of the molecule is Nc1cc(S(=O)(=O)O)cc2cc(S(=O)(=O)O)cc(OS(=O)(=O)c3ccccc3)c12.[Na]. The van der Waals surface area contributed by atoms with Gasteiger partial charge in [0, 0.05) is 46.7 Å². The Labute approximate surface area is 194 Å². The molecule has 3 aromatic carbocycles. The molecule has 4 N–H and O–H groups in total. The first kappa shape index (κ1) is 24.6. The van der Waals surface area contributed by atoms with Crippen molar-refractivity contribution >= 4 is 76.4 Å². The van der Waals surface area contributed by atoms with Crippen molar-refractivity contribution in [2.45, 2.75) is 14.7 Å². The Balaban J connectivity index is 0.00000320. The minimum atomic E-state index is -4.83. The normalized spacial score (nSPS) is 12.3. The number of hydrogen-bond donors (Lipinski definition) is 3. The third-order valence-electron chi connectivity index (χ3n) is 3.82. The third-order valence-corrected chi connectivity index (χ3v) is 6.73. The molecule has 1 radical (unpaired) electrons. The van der Waals surface area contributed by atoms with Crippen LogP contribution < -0.4 is 9.92 Å². The second kappa shape index (κ2) is 8.43. The molecule has 0 unspecified atom stereocenters. The van der Waals surface area contributed by atoms with Crippen LogP contribution in [0.1, 0.15) is 0 Å². The second-order valence-corrected chi connectivity index (χ2v) is 10.2. The quantitative estimate of drug-likeness (QED) is 0.208. The number of anilines is 1. The van der Waals surface area contributed by atoms with Crippen molar-refractivity contribution in [3.63, 3.8) is 0 Å². The zero-order valence-electron chi connectivity index (χ0n) is 15.3. The topological polar surface area (TPSA) is 178 Å². The Morgan fingerprint density at radius 3 is 1.73 bits per heavy atom. The molecule has 0 amide bonds. The monoisotopic (exact) mass is 482 g/mol. The summed E-state index contributed by atoms with van der Waals surface area (Å²) in [4.78, 5) is -1.67. The van der Waals surface area contributed by atoms with Crippen LogP contribution in [0.4, 0.5) is 5.69 Å². The van der Waals surface area contributed by atoms with Gasteiger partial charge in [0.25, 0.3) is 20.2 Å². The van der Waals surface area contributed by atoms with E-state index < -0.39 is 45.9 Å². The molecule has 0 saturated carbocycles. The molecule has 0 aliphatic carbocycles. The van der Waals surface area contributed by atoms with E-state index in [4.69, 9.17) is 9.92 Å². The van der Waals surface area contributed by atoms with Crippen LogP contribution in [0.2, 0.25) is 0 Å². The molecular weight excluding hydrogens is 469 g/mol. The number of rotatable bonds is 5. The van der Waals surface area contributed by atoms with Crippen molar-refractivity contribution in [2.75, 3.05) is 5.73 Å². The third kappa shape index (κ3) is 5.12. The smallest absolute Gasteiger partial charge is 0.339 e. The number of nitrogens with two attached hydrogens (primary N) is 1. The summed E-state index contributed by atoms with van der Waals surface area (Å²) in [6, 6.07) is 10.2. The molecular formula is C16H13NNaO9S3. The standard InChI is InChI=1S/C16H13NO9S3.Na/c17-14-8-12(27(18,19)20)6-10-7-13(28(21,22)23)9-15(16(10)14)26-29(24,25)11-4-2-1-3-5-11;/h1-9H,17H2,(H,18,19,20)(H,21,22,23);. The molecule has 30 heavy (non-hydrogen) atoms. The molecule has 0 aromatic heterocycles. The fourth-order valence-electron chi connectivity index (χ4n) is 2.57. The van der Waals surface area contributed by atoms with E-state index in [0.717, 1.165) is 24.3 Å². The van der Waals surface area contributed by atoms with Crippen LogP contribution in [-0.4, -0.2) is 63.9 Å². The van der Waals surface area contributed by atoms with Crippen molar-refractivity contribution < 1.29 is 38.5 Å². The van der Waals surface area contributed by atoms with Crippen molar-refractivity contribution in [3.8, 4) is 5.75 Å². The van der Waals surface area contributed by atoms with E-state index in [-0.39, 0.29) is 50.9 Å². The van der Waals surface area contributed by atoms with Gasteiger partial charge in [0.15, 0.2) is 5.75 Å². The molecule has 0 spiro atoms. The molecule has 0 fully saturated rings. The summed E-state index contributed by atoms with van der Waals surface area (Å²) in [6.45, 7) is 0. The fourth-order valence-corrected chi connectivity index (χ4v) is 4.61. The van der Waals surface area contributed by atoms with E-state index in [1.54, 1.807) is 6.07 Å². The Bertz CT molecular complexity index is 1430. The van der Waals surface area contributed by atoms with Gasteiger partial charge in [0.05, 0.1) is 9.79 Å². The van der Waals surface area contributed by atoms with Crippen LogP contribution in [0.3, 0.4) is 0 Å². The van der Waals surface area contributed by atoms with Gasteiger partial charge in [-0.25, -0.2) is 0 Å². The molecule has 0 saturated heterocycles. The Hall–Kier alpha value is -1.71. The van der Waals surface area contributed by atoms with Gasteiger partial charge in [-0.3, -0.25) is 9.11 Å². The van der Waals surface area contributed by atoms with Gasteiger partial charge in [-0.15, -0.1) is 0 Å². The maximum Gasteiger partial charge on any atom is 0.339 e. The Morgan fingerprint density at radius 1 is 0.733 bits per heavy atom. The van der Waals surface area contributed by atoms with Crippen molar-refractivity contribution in [1.82, 2.24) is 0 Å². The largest absolute Gasteiger partial charge is 0.398 e. The summed E-state index contributed by atoms with van der Waals surface area (Å²) in [6.07, 6.45) is 0. The molecule has 3 aromatic rings. The molecule has 14 heteroatoms. The van der Waals surface area contributed by atoms with Gasteiger partial charge in [-0.1, -0.05) is 18.2 Å². The van der Waals surface area contributed by atoms with Gasteiger partial charge < -0.3 is 9.92 Å². The van der Waals surface area contributed by atoms with Crippen molar-refractivity contribution in [2.24, 2.45) is 0 Å². The molecule has 10 nitrogen and oxygen atoms in total. The minimum absolute atomic E-state index is 0. The van der Waals surface area contributed by atoms with E-state index >= 15 is 0 Å². The number of fused-ring (bicyclic) bond motifs is 1. The van der Waals surface area contributed by atoms with Crippen LogP contribution in [0, 0.1) is 0 Å². The van der Waals surface area contributed by atoms with Gasteiger partial charge in [0.2, 0.25) is 0 Å². The van der Waals surface area contributed by atoms with Crippen LogP contribution in [-0.2, 0) is 30.4 Å². The molecule has 0 aliphatic heterocycles. The summed E-state index contributed by atoms with van der Waals surface area (Å²) in [5.41, 5.74) is 5.50. The summed E-state index contributed by atoms with van der Waals surface area (Å²) >= 11 is 0. The maximum atomic E-state index is 12.5. The van der Waals surface area contributed by atoms with Gasteiger partial charge in [-0.2, -0.15) is 25.3 Å². The van der Waals surface area contributed by atoms with Gasteiger partial charge >= 0.3 is 10.1 Å². The van der Waals surface area contributed by atoms with E-state index in [9.17, 15) is 34.4 Å². The first-order valence-corrected chi connectivity index (χ1v) is 11.9. The predicted octanol–water partition coefficient (Wildman–Crippen LogP) is 1.30. The van der Waals surface area contributed by atoms with Crippen molar-refractivity contribution in [1.29, 1.82) is 0 Å². The first-order valence-electron chi connectivity index (χ1n) is 7.61. The van der Waals surface area contributed by atoms with Crippen LogP contribution in [0.15, 0.2) is 69.3 Å². The summed E-state index contributed by atoms with van der Waals surface area (Å²) in [5, 5.41) is -0.338. The zero-order valence-corrected chi connectivity index (χ0v) is 19.7. The molecule has 0 bridgehead atoms. The van der Waals surface area contributed by atoms with Crippen LogP contribution >= 0.6 is 0 Å². The second-order valence-electron chi connectivity index (χ2n) is 5.83. The molecule has 155 valence electrons.